The van der Waals surface area contributed by atoms with Gasteiger partial charge in [-0.1, -0.05) is 0 Å². The molecule has 1 aromatic carbocycles. The van der Waals surface area contributed by atoms with Crippen molar-refractivity contribution in [2.45, 2.75) is 31.3 Å². The summed E-state index contributed by atoms with van der Waals surface area (Å²) in [6, 6.07) is 8.89. The smallest absolute Gasteiger partial charge is 0.251 e. The van der Waals surface area contributed by atoms with Gasteiger partial charge in [-0.15, -0.1) is 0 Å². The van der Waals surface area contributed by atoms with Crippen molar-refractivity contribution in [3.8, 4) is 0 Å². The molecule has 20 heavy (non-hydrogen) atoms. The first-order chi connectivity index (χ1) is 9.63. The normalized spacial score (nSPS) is 22.8. The number of likely N-dealkylation sites (tertiary alicyclic amines) is 1. The van der Waals surface area contributed by atoms with E-state index in [0.29, 0.717) is 6.04 Å². The van der Waals surface area contributed by atoms with Gasteiger partial charge in [0.2, 0.25) is 0 Å². The van der Waals surface area contributed by atoms with Crippen LogP contribution in [0.3, 0.4) is 0 Å². The SMILES string of the molecule is CN(C)c1ccc(C(=O)N[C@@H]2CCN(C3CC3)C2)cc1. The maximum absolute atomic E-state index is 12.2. The van der Waals surface area contributed by atoms with Crippen molar-refractivity contribution >= 4 is 11.6 Å². The van der Waals surface area contributed by atoms with Gasteiger partial charge in [-0.25, -0.2) is 0 Å². The van der Waals surface area contributed by atoms with E-state index in [9.17, 15) is 4.79 Å². The maximum Gasteiger partial charge on any atom is 0.251 e. The van der Waals surface area contributed by atoms with E-state index in [4.69, 9.17) is 0 Å². The summed E-state index contributed by atoms with van der Waals surface area (Å²) in [4.78, 5) is 16.8. The molecular formula is C16H23N3O. The first-order valence-electron chi connectivity index (χ1n) is 7.46. The van der Waals surface area contributed by atoms with Gasteiger partial charge >= 0.3 is 0 Å². The van der Waals surface area contributed by atoms with Crippen molar-refractivity contribution in [2.24, 2.45) is 0 Å². The fraction of sp³-hybridized carbons (Fsp3) is 0.562. The molecule has 108 valence electrons. The Labute approximate surface area is 120 Å². The molecular weight excluding hydrogens is 250 g/mol. The molecule has 0 bridgehead atoms. The Hall–Kier alpha value is -1.55. The Kier molecular flexibility index (Phi) is 3.66. The van der Waals surface area contributed by atoms with Crippen molar-refractivity contribution in [3.05, 3.63) is 29.8 Å². The second-order valence-electron chi connectivity index (χ2n) is 6.13. The Morgan fingerprint density at radius 1 is 1.20 bits per heavy atom. The highest BCUT2D eigenvalue weighted by Crippen LogP contribution is 2.29. The minimum absolute atomic E-state index is 0.0537. The van der Waals surface area contributed by atoms with E-state index in [2.05, 4.69) is 10.2 Å². The minimum atomic E-state index is 0.0537. The first kappa shape index (κ1) is 13.4. The van der Waals surface area contributed by atoms with Gasteiger partial charge in [-0.2, -0.15) is 0 Å². The molecule has 2 aliphatic rings. The molecule has 1 aromatic rings. The molecule has 1 aliphatic carbocycles. The highest BCUT2D eigenvalue weighted by Gasteiger charge is 2.34. The summed E-state index contributed by atoms with van der Waals surface area (Å²) in [5.74, 6) is 0.0537. The maximum atomic E-state index is 12.2. The van der Waals surface area contributed by atoms with Crippen LogP contribution in [-0.2, 0) is 0 Å². The fourth-order valence-electron chi connectivity index (χ4n) is 2.86. The largest absolute Gasteiger partial charge is 0.378 e. The average Bonchev–Trinajstić information content (AvgIpc) is 3.20. The Bertz CT molecular complexity index is 479. The van der Waals surface area contributed by atoms with Crippen LogP contribution < -0.4 is 10.2 Å². The van der Waals surface area contributed by atoms with E-state index in [0.717, 1.165) is 36.8 Å². The number of carbonyl (C=O) groups is 1. The molecule has 2 fully saturated rings. The Balaban J connectivity index is 1.56. The summed E-state index contributed by atoms with van der Waals surface area (Å²) in [5.41, 5.74) is 1.86. The van der Waals surface area contributed by atoms with Gasteiger partial charge in [0, 0.05) is 50.5 Å². The zero-order chi connectivity index (χ0) is 14.1. The number of benzene rings is 1. The lowest BCUT2D eigenvalue weighted by Crippen LogP contribution is -2.37. The Morgan fingerprint density at radius 2 is 1.90 bits per heavy atom. The van der Waals surface area contributed by atoms with Crippen LogP contribution in [0.1, 0.15) is 29.6 Å². The topological polar surface area (TPSA) is 35.6 Å². The lowest BCUT2D eigenvalue weighted by atomic mass is 10.1. The quantitative estimate of drug-likeness (QED) is 0.907. The molecule has 4 heteroatoms. The van der Waals surface area contributed by atoms with Crippen LogP contribution in [0.15, 0.2) is 24.3 Å². The van der Waals surface area contributed by atoms with Crippen LogP contribution in [0.4, 0.5) is 5.69 Å². The monoisotopic (exact) mass is 273 g/mol. The number of nitrogens with one attached hydrogen (secondary N) is 1. The van der Waals surface area contributed by atoms with Gasteiger partial charge in [0.15, 0.2) is 0 Å². The van der Waals surface area contributed by atoms with Crippen LogP contribution in [-0.4, -0.2) is 50.1 Å². The van der Waals surface area contributed by atoms with Crippen LogP contribution in [0, 0.1) is 0 Å². The van der Waals surface area contributed by atoms with Crippen molar-refractivity contribution < 1.29 is 4.79 Å². The highest BCUT2D eigenvalue weighted by atomic mass is 16.1. The highest BCUT2D eigenvalue weighted by molar-refractivity contribution is 5.94. The predicted octanol–water partition coefficient (Wildman–Crippen LogP) is 1.72. The standard InChI is InChI=1S/C16H23N3O/c1-18(2)14-5-3-12(4-6-14)16(20)17-13-9-10-19(11-13)15-7-8-15/h3-6,13,15H,7-11H2,1-2H3,(H,17,20)/t13-/m1/s1. The number of hydrogen-bond donors (Lipinski definition) is 1. The van der Waals surface area contributed by atoms with Gasteiger partial charge in [-0.05, 0) is 43.5 Å². The third kappa shape index (κ3) is 2.96. The number of carbonyl (C=O) groups excluding carboxylic acids is 1. The molecule has 1 N–H and O–H groups in total. The summed E-state index contributed by atoms with van der Waals surface area (Å²) < 4.78 is 0. The van der Waals surface area contributed by atoms with Crippen LogP contribution in [0.5, 0.6) is 0 Å². The number of rotatable bonds is 4. The van der Waals surface area contributed by atoms with Gasteiger partial charge < -0.3 is 10.2 Å². The number of nitrogens with zero attached hydrogens (tertiary/aromatic N) is 2. The molecule has 0 aromatic heterocycles. The fourth-order valence-corrected chi connectivity index (χ4v) is 2.86. The lowest BCUT2D eigenvalue weighted by Gasteiger charge is -2.16. The molecule has 1 amide bonds. The third-order valence-electron chi connectivity index (χ3n) is 4.26. The van der Waals surface area contributed by atoms with Gasteiger partial charge in [-0.3, -0.25) is 9.69 Å². The summed E-state index contributed by atoms with van der Waals surface area (Å²) in [5, 5.41) is 3.16. The molecule has 1 atom stereocenters. The number of anilines is 1. The van der Waals surface area contributed by atoms with E-state index in [1.54, 1.807) is 0 Å². The minimum Gasteiger partial charge on any atom is -0.378 e. The molecule has 1 aliphatic heterocycles. The van der Waals surface area contributed by atoms with Gasteiger partial charge in [0.25, 0.3) is 5.91 Å². The van der Waals surface area contributed by atoms with E-state index in [1.165, 1.54) is 12.8 Å². The molecule has 4 nitrogen and oxygen atoms in total. The average molecular weight is 273 g/mol. The van der Waals surface area contributed by atoms with E-state index >= 15 is 0 Å². The molecule has 0 unspecified atom stereocenters. The van der Waals surface area contributed by atoms with Crippen LogP contribution in [0.25, 0.3) is 0 Å². The lowest BCUT2D eigenvalue weighted by molar-refractivity contribution is 0.0937. The molecule has 1 saturated carbocycles. The molecule has 1 heterocycles. The van der Waals surface area contributed by atoms with E-state index in [1.807, 2.05) is 43.3 Å². The molecule has 0 spiro atoms. The van der Waals surface area contributed by atoms with Crippen LogP contribution in [0.2, 0.25) is 0 Å². The number of hydrogen-bond acceptors (Lipinski definition) is 3. The summed E-state index contributed by atoms with van der Waals surface area (Å²) in [6.07, 6.45) is 3.76. The van der Waals surface area contributed by atoms with E-state index < -0.39 is 0 Å². The van der Waals surface area contributed by atoms with Crippen LogP contribution >= 0.6 is 0 Å². The summed E-state index contributed by atoms with van der Waals surface area (Å²) >= 11 is 0. The van der Waals surface area contributed by atoms with Crippen molar-refractivity contribution in [2.75, 3.05) is 32.1 Å². The van der Waals surface area contributed by atoms with Gasteiger partial charge in [0.1, 0.15) is 0 Å². The second kappa shape index (κ2) is 5.44. The number of amides is 1. The zero-order valence-electron chi connectivity index (χ0n) is 12.3. The zero-order valence-corrected chi connectivity index (χ0v) is 12.3. The predicted molar refractivity (Wildman–Crippen MR) is 81.2 cm³/mol. The first-order valence-corrected chi connectivity index (χ1v) is 7.46. The van der Waals surface area contributed by atoms with Crippen molar-refractivity contribution in [3.63, 3.8) is 0 Å². The summed E-state index contributed by atoms with van der Waals surface area (Å²) in [7, 11) is 4.00. The summed E-state index contributed by atoms with van der Waals surface area (Å²) in [6.45, 7) is 2.15. The second-order valence-corrected chi connectivity index (χ2v) is 6.13. The molecule has 1 saturated heterocycles. The van der Waals surface area contributed by atoms with Crippen molar-refractivity contribution in [1.82, 2.24) is 10.2 Å². The van der Waals surface area contributed by atoms with Gasteiger partial charge in [0.05, 0.1) is 0 Å². The Morgan fingerprint density at radius 3 is 2.50 bits per heavy atom. The third-order valence-corrected chi connectivity index (χ3v) is 4.26. The van der Waals surface area contributed by atoms with E-state index in [-0.39, 0.29) is 5.91 Å². The van der Waals surface area contributed by atoms with Crippen molar-refractivity contribution in [1.29, 1.82) is 0 Å². The molecule has 3 rings (SSSR count). The molecule has 0 radical (unpaired) electrons.